The van der Waals surface area contributed by atoms with Crippen LogP contribution in [0.3, 0.4) is 0 Å². The molecule has 2 aromatic carbocycles. The Hall–Kier alpha value is -3.30. The fourth-order valence-corrected chi connectivity index (χ4v) is 3.47. The van der Waals surface area contributed by atoms with Crippen LogP contribution in [0.2, 0.25) is 0 Å². The second kappa shape index (κ2) is 9.47. The Morgan fingerprint density at radius 1 is 1.20 bits per heavy atom. The molecule has 0 bridgehead atoms. The van der Waals surface area contributed by atoms with Crippen molar-refractivity contribution in [3.63, 3.8) is 0 Å². The molecule has 1 saturated heterocycles. The molecule has 0 aliphatic carbocycles. The predicted molar refractivity (Wildman–Crippen MR) is 112 cm³/mol. The van der Waals surface area contributed by atoms with Crippen LogP contribution in [0.5, 0.6) is 0 Å². The van der Waals surface area contributed by atoms with Crippen molar-refractivity contribution in [1.29, 1.82) is 0 Å². The number of anilines is 1. The molecule has 1 atom stereocenters. The highest BCUT2D eigenvalue weighted by atomic mass is 16.5. The van der Waals surface area contributed by atoms with Crippen LogP contribution < -0.4 is 10.6 Å². The van der Waals surface area contributed by atoms with Gasteiger partial charge in [-0.3, -0.25) is 4.90 Å². The van der Waals surface area contributed by atoms with Gasteiger partial charge in [-0.2, -0.15) is 0 Å². The molecule has 1 aliphatic rings. The van der Waals surface area contributed by atoms with E-state index in [1.165, 1.54) is 11.9 Å². The Morgan fingerprint density at radius 3 is 2.80 bits per heavy atom. The van der Waals surface area contributed by atoms with Crippen LogP contribution in [-0.4, -0.2) is 56.9 Å². The van der Waals surface area contributed by atoms with Gasteiger partial charge in [0.1, 0.15) is 6.33 Å². The number of morpholine rings is 1. The summed E-state index contributed by atoms with van der Waals surface area (Å²) in [5, 5.41) is 16.8. The van der Waals surface area contributed by atoms with Gasteiger partial charge in [0.2, 0.25) is 0 Å². The average molecular weight is 407 g/mol. The number of benzene rings is 2. The smallest absolute Gasteiger partial charge is 0.319 e. The minimum absolute atomic E-state index is 0.252. The summed E-state index contributed by atoms with van der Waals surface area (Å²) < 4.78 is 7.15. The van der Waals surface area contributed by atoms with Crippen molar-refractivity contribution < 1.29 is 9.53 Å². The minimum Gasteiger partial charge on any atom is -0.376 e. The maximum Gasteiger partial charge on any atom is 0.319 e. The predicted octanol–water partition coefficient (Wildman–Crippen LogP) is 2.20. The normalized spacial score (nSPS) is 16.9. The van der Waals surface area contributed by atoms with E-state index in [9.17, 15) is 4.79 Å². The van der Waals surface area contributed by atoms with Gasteiger partial charge >= 0.3 is 6.03 Å². The van der Waals surface area contributed by atoms with Crippen molar-refractivity contribution in [1.82, 2.24) is 30.4 Å². The largest absolute Gasteiger partial charge is 0.376 e. The number of carbonyl (C=O) groups excluding carboxylic acids is 1. The quantitative estimate of drug-likeness (QED) is 0.650. The molecular weight excluding hydrogens is 382 g/mol. The summed E-state index contributed by atoms with van der Waals surface area (Å²) in [6.45, 7) is 6.12. The Bertz CT molecular complexity index is 960. The molecule has 9 nitrogen and oxygen atoms in total. The van der Waals surface area contributed by atoms with Gasteiger partial charge in [-0.25, -0.2) is 9.48 Å². The maximum atomic E-state index is 12.3. The zero-order valence-electron chi connectivity index (χ0n) is 16.9. The van der Waals surface area contributed by atoms with Crippen molar-refractivity contribution >= 4 is 11.7 Å². The number of rotatable bonds is 6. The van der Waals surface area contributed by atoms with Gasteiger partial charge in [0, 0.05) is 31.9 Å². The van der Waals surface area contributed by atoms with Gasteiger partial charge in [-0.1, -0.05) is 24.3 Å². The van der Waals surface area contributed by atoms with E-state index < -0.39 is 0 Å². The van der Waals surface area contributed by atoms with Crippen molar-refractivity contribution in [2.45, 2.75) is 26.1 Å². The van der Waals surface area contributed by atoms with Crippen molar-refractivity contribution in [3.05, 3.63) is 66.0 Å². The van der Waals surface area contributed by atoms with E-state index in [1.807, 2.05) is 24.3 Å². The highest BCUT2D eigenvalue weighted by Crippen LogP contribution is 2.13. The topological polar surface area (TPSA) is 97.2 Å². The third-order valence-corrected chi connectivity index (χ3v) is 4.91. The molecule has 0 spiro atoms. The third kappa shape index (κ3) is 5.40. The number of tetrazole rings is 1. The molecule has 2 amide bonds. The molecule has 3 aromatic rings. The van der Waals surface area contributed by atoms with E-state index in [2.05, 4.69) is 50.1 Å². The van der Waals surface area contributed by atoms with E-state index in [0.717, 1.165) is 37.5 Å². The van der Waals surface area contributed by atoms with Crippen molar-refractivity contribution in [3.8, 4) is 5.69 Å². The van der Waals surface area contributed by atoms with Gasteiger partial charge in [-0.15, -0.1) is 5.10 Å². The highest BCUT2D eigenvalue weighted by molar-refractivity contribution is 5.89. The van der Waals surface area contributed by atoms with Crippen LogP contribution in [0.25, 0.3) is 5.69 Å². The molecule has 1 aliphatic heterocycles. The molecule has 30 heavy (non-hydrogen) atoms. The minimum atomic E-state index is -0.252. The van der Waals surface area contributed by atoms with Crippen LogP contribution in [0.15, 0.2) is 54.9 Å². The third-order valence-electron chi connectivity index (χ3n) is 4.91. The first-order chi connectivity index (χ1) is 14.7. The Morgan fingerprint density at radius 2 is 2.03 bits per heavy atom. The summed E-state index contributed by atoms with van der Waals surface area (Å²) in [4.78, 5) is 14.7. The molecule has 1 aromatic heterocycles. The van der Waals surface area contributed by atoms with Gasteiger partial charge in [0.05, 0.1) is 18.4 Å². The van der Waals surface area contributed by atoms with Gasteiger partial charge in [0.25, 0.3) is 0 Å². The van der Waals surface area contributed by atoms with E-state index in [0.29, 0.717) is 12.2 Å². The highest BCUT2D eigenvalue weighted by Gasteiger charge is 2.16. The summed E-state index contributed by atoms with van der Waals surface area (Å²) in [5.41, 5.74) is 3.82. The second-order valence-electron chi connectivity index (χ2n) is 7.35. The summed E-state index contributed by atoms with van der Waals surface area (Å²) in [7, 11) is 0. The summed E-state index contributed by atoms with van der Waals surface area (Å²) in [6.07, 6.45) is 1.79. The van der Waals surface area contributed by atoms with E-state index in [1.54, 1.807) is 16.8 Å². The van der Waals surface area contributed by atoms with Gasteiger partial charge in [-0.05, 0) is 52.7 Å². The first-order valence-corrected chi connectivity index (χ1v) is 9.96. The zero-order valence-corrected chi connectivity index (χ0v) is 16.9. The Balaban J connectivity index is 1.27. The molecule has 4 rings (SSSR count). The molecule has 1 fully saturated rings. The van der Waals surface area contributed by atoms with Crippen LogP contribution in [0.1, 0.15) is 18.1 Å². The molecule has 156 valence electrons. The number of nitrogens with zero attached hydrogens (tertiary/aromatic N) is 5. The maximum absolute atomic E-state index is 12.3. The van der Waals surface area contributed by atoms with Crippen molar-refractivity contribution in [2.24, 2.45) is 0 Å². The number of urea groups is 1. The van der Waals surface area contributed by atoms with E-state index >= 15 is 0 Å². The Labute approximate surface area is 175 Å². The number of ether oxygens (including phenoxy) is 1. The number of amides is 2. The zero-order chi connectivity index (χ0) is 20.8. The van der Waals surface area contributed by atoms with Crippen LogP contribution in [-0.2, 0) is 17.8 Å². The molecule has 2 N–H and O–H groups in total. The summed E-state index contributed by atoms with van der Waals surface area (Å²) in [5.74, 6) is 0. The van der Waals surface area contributed by atoms with Crippen LogP contribution >= 0.6 is 0 Å². The lowest BCUT2D eigenvalue weighted by atomic mass is 10.1. The fraction of sp³-hybridized carbons (Fsp3) is 0.333. The Kier molecular flexibility index (Phi) is 6.31. The monoisotopic (exact) mass is 407 g/mol. The molecule has 0 unspecified atom stereocenters. The fourth-order valence-electron chi connectivity index (χ4n) is 3.47. The van der Waals surface area contributed by atoms with Gasteiger partial charge < -0.3 is 15.4 Å². The number of nitrogens with one attached hydrogen (secondary N) is 2. The molecule has 0 radical (unpaired) electrons. The average Bonchev–Trinajstić information content (AvgIpc) is 3.28. The molecule has 0 saturated carbocycles. The van der Waals surface area contributed by atoms with Crippen LogP contribution in [0.4, 0.5) is 10.5 Å². The van der Waals surface area contributed by atoms with Gasteiger partial charge in [0.15, 0.2) is 0 Å². The SMILES string of the molecule is C[C@@H]1CN(Cc2cccc(CNC(=O)Nc3ccc(-n4cnnn4)cc3)c2)CCO1. The lowest BCUT2D eigenvalue weighted by Crippen LogP contribution is -2.40. The van der Waals surface area contributed by atoms with E-state index in [-0.39, 0.29) is 12.1 Å². The first-order valence-electron chi connectivity index (χ1n) is 9.96. The lowest BCUT2D eigenvalue weighted by molar-refractivity contribution is -0.0212. The second-order valence-corrected chi connectivity index (χ2v) is 7.35. The van der Waals surface area contributed by atoms with E-state index in [4.69, 9.17) is 4.74 Å². The number of carbonyl (C=O) groups is 1. The number of hydrogen-bond acceptors (Lipinski definition) is 6. The first kappa shape index (κ1) is 20.0. The standard InChI is InChI=1S/C21H25N7O2/c1-16-13-27(9-10-30-16)14-18-4-2-3-17(11-18)12-22-21(29)24-19-5-7-20(8-6-19)28-15-23-25-26-28/h2-8,11,15-16H,9-10,12-14H2,1H3,(H2,22,24,29)/t16-/m1/s1. The van der Waals surface area contributed by atoms with Crippen LogP contribution in [0, 0.1) is 0 Å². The number of hydrogen-bond donors (Lipinski definition) is 2. The number of aromatic nitrogens is 4. The lowest BCUT2D eigenvalue weighted by Gasteiger charge is -2.31. The van der Waals surface area contributed by atoms with Crippen molar-refractivity contribution in [2.75, 3.05) is 25.0 Å². The summed E-state index contributed by atoms with van der Waals surface area (Å²) >= 11 is 0. The molecule has 2 heterocycles. The molecule has 9 heteroatoms. The summed E-state index contributed by atoms with van der Waals surface area (Å²) in [6, 6.07) is 15.3. The molecular formula is C21H25N7O2.